The number of aromatic nitrogens is 1. The van der Waals surface area contributed by atoms with E-state index in [1.807, 2.05) is 12.4 Å². The molecule has 2 aromatic rings. The van der Waals surface area contributed by atoms with Crippen LogP contribution in [0, 0.1) is 5.92 Å². The summed E-state index contributed by atoms with van der Waals surface area (Å²) >= 11 is 0. The van der Waals surface area contributed by atoms with Crippen molar-refractivity contribution in [2.75, 3.05) is 6.54 Å². The summed E-state index contributed by atoms with van der Waals surface area (Å²) < 4.78 is 0. The van der Waals surface area contributed by atoms with Crippen LogP contribution in [0.5, 0.6) is 0 Å². The topological polar surface area (TPSA) is 24.9 Å². The highest BCUT2D eigenvalue weighted by atomic mass is 15.0. The van der Waals surface area contributed by atoms with Gasteiger partial charge in [0, 0.05) is 30.5 Å². The van der Waals surface area contributed by atoms with Crippen molar-refractivity contribution in [2.24, 2.45) is 5.92 Å². The van der Waals surface area contributed by atoms with E-state index < -0.39 is 0 Å². The molecule has 1 aromatic heterocycles. The third-order valence-electron chi connectivity index (χ3n) is 4.46. The van der Waals surface area contributed by atoms with Crippen molar-refractivity contribution < 1.29 is 0 Å². The first-order valence-corrected chi connectivity index (χ1v) is 7.34. The van der Waals surface area contributed by atoms with Crippen molar-refractivity contribution in [1.82, 2.24) is 10.3 Å². The van der Waals surface area contributed by atoms with Crippen LogP contribution in [0.2, 0.25) is 0 Å². The first-order chi connectivity index (χ1) is 9.90. The Kier molecular flexibility index (Phi) is 2.89. The Morgan fingerprint density at radius 3 is 2.75 bits per heavy atom. The quantitative estimate of drug-likeness (QED) is 0.895. The number of nitrogens with zero attached hydrogens (tertiary/aromatic N) is 1. The fraction of sp³-hybridized carbons (Fsp3) is 0.278. The highest BCUT2D eigenvalue weighted by Gasteiger charge is 2.30. The Hall–Kier alpha value is -1.93. The summed E-state index contributed by atoms with van der Waals surface area (Å²) in [6.07, 6.45) is 8.81. The predicted molar refractivity (Wildman–Crippen MR) is 82.2 cm³/mol. The van der Waals surface area contributed by atoms with Gasteiger partial charge < -0.3 is 5.32 Å². The van der Waals surface area contributed by atoms with Gasteiger partial charge in [-0.05, 0) is 41.5 Å². The summed E-state index contributed by atoms with van der Waals surface area (Å²) in [5, 5.41) is 3.59. The molecule has 1 N–H and O–H groups in total. The summed E-state index contributed by atoms with van der Waals surface area (Å²) in [6, 6.07) is 13.5. The summed E-state index contributed by atoms with van der Waals surface area (Å²) in [4.78, 5) is 4.46. The minimum atomic E-state index is 0.668. The summed E-state index contributed by atoms with van der Waals surface area (Å²) in [5.74, 6) is 0.668. The molecule has 2 aliphatic rings. The van der Waals surface area contributed by atoms with Crippen molar-refractivity contribution in [3.63, 3.8) is 0 Å². The Bertz CT molecular complexity index is 645. The molecule has 1 aliphatic carbocycles. The van der Waals surface area contributed by atoms with Crippen LogP contribution in [0.15, 0.2) is 54.9 Å². The van der Waals surface area contributed by atoms with Gasteiger partial charge in [0.1, 0.15) is 0 Å². The zero-order valence-electron chi connectivity index (χ0n) is 11.4. The van der Waals surface area contributed by atoms with Crippen LogP contribution < -0.4 is 5.32 Å². The third kappa shape index (κ3) is 2.06. The van der Waals surface area contributed by atoms with Crippen molar-refractivity contribution in [3.8, 4) is 11.1 Å². The SMILES string of the molecule is C1=C(c2cncc(-c3ccccc3)c2)C2CNC(C1)C2. The maximum absolute atomic E-state index is 4.46. The monoisotopic (exact) mass is 262 g/mol. The number of hydrogen-bond donors (Lipinski definition) is 1. The standard InChI is InChI=1S/C18H18N2/c1-2-4-13(5-3-1)14-8-15(11-19-10-14)18-7-6-17-9-16(18)12-20-17/h1-5,7-8,10-11,16-17,20H,6,9,12H2. The van der Waals surface area contributed by atoms with Gasteiger partial charge in [0.05, 0.1) is 0 Å². The Morgan fingerprint density at radius 2 is 1.85 bits per heavy atom. The molecule has 100 valence electrons. The molecule has 2 atom stereocenters. The molecule has 1 fully saturated rings. The lowest BCUT2D eigenvalue weighted by molar-refractivity contribution is 0.593. The molecule has 0 radical (unpaired) electrons. The lowest BCUT2D eigenvalue weighted by atomic mass is 9.85. The van der Waals surface area contributed by atoms with Gasteiger partial charge in [-0.3, -0.25) is 4.98 Å². The molecule has 20 heavy (non-hydrogen) atoms. The van der Waals surface area contributed by atoms with E-state index in [0.717, 1.165) is 13.0 Å². The van der Waals surface area contributed by atoms with Gasteiger partial charge in [0.25, 0.3) is 0 Å². The third-order valence-corrected chi connectivity index (χ3v) is 4.46. The second-order valence-corrected chi connectivity index (χ2v) is 5.76. The molecule has 1 aromatic carbocycles. The second kappa shape index (κ2) is 4.88. The number of rotatable bonds is 2. The molecule has 2 heterocycles. The van der Waals surface area contributed by atoms with Gasteiger partial charge in [0.15, 0.2) is 0 Å². The van der Waals surface area contributed by atoms with Gasteiger partial charge in [0.2, 0.25) is 0 Å². The Balaban J connectivity index is 1.72. The number of nitrogens with one attached hydrogen (secondary N) is 1. The number of benzene rings is 1. The van der Waals surface area contributed by atoms with Crippen molar-refractivity contribution in [1.29, 1.82) is 0 Å². The maximum atomic E-state index is 4.46. The highest BCUT2D eigenvalue weighted by molar-refractivity contribution is 5.73. The minimum Gasteiger partial charge on any atom is -0.313 e. The molecular formula is C18H18N2. The highest BCUT2D eigenvalue weighted by Crippen LogP contribution is 2.36. The predicted octanol–water partition coefficient (Wildman–Crippen LogP) is 3.51. The zero-order valence-corrected chi connectivity index (χ0v) is 11.4. The van der Waals surface area contributed by atoms with Crippen LogP contribution in [0.1, 0.15) is 18.4 Å². The average molecular weight is 262 g/mol. The van der Waals surface area contributed by atoms with Crippen molar-refractivity contribution in [3.05, 3.63) is 60.4 Å². The largest absolute Gasteiger partial charge is 0.313 e. The molecular weight excluding hydrogens is 244 g/mol. The van der Waals surface area contributed by atoms with Gasteiger partial charge in [-0.15, -0.1) is 0 Å². The lowest BCUT2D eigenvalue weighted by Gasteiger charge is -2.20. The molecule has 0 amide bonds. The van der Waals surface area contributed by atoms with E-state index in [1.165, 1.54) is 28.7 Å². The lowest BCUT2D eigenvalue weighted by Crippen LogP contribution is -2.19. The minimum absolute atomic E-state index is 0.668. The zero-order chi connectivity index (χ0) is 13.4. The van der Waals surface area contributed by atoms with E-state index in [1.54, 1.807) is 0 Å². The van der Waals surface area contributed by atoms with Gasteiger partial charge in [-0.2, -0.15) is 0 Å². The van der Waals surface area contributed by atoms with Gasteiger partial charge in [-0.25, -0.2) is 0 Å². The van der Waals surface area contributed by atoms with E-state index >= 15 is 0 Å². The van der Waals surface area contributed by atoms with E-state index in [4.69, 9.17) is 0 Å². The smallest absolute Gasteiger partial charge is 0.0346 e. The van der Waals surface area contributed by atoms with Crippen LogP contribution in [-0.4, -0.2) is 17.6 Å². The molecule has 2 heteroatoms. The molecule has 1 saturated heterocycles. The van der Waals surface area contributed by atoms with E-state index in [2.05, 4.69) is 52.8 Å². The fourth-order valence-electron chi connectivity index (χ4n) is 3.41. The molecule has 0 saturated carbocycles. The van der Waals surface area contributed by atoms with Gasteiger partial charge >= 0.3 is 0 Å². The average Bonchev–Trinajstić information content (AvgIpc) is 2.90. The fourth-order valence-corrected chi connectivity index (χ4v) is 3.41. The Morgan fingerprint density at radius 1 is 1.00 bits per heavy atom. The van der Waals surface area contributed by atoms with Crippen LogP contribution in [0.3, 0.4) is 0 Å². The van der Waals surface area contributed by atoms with Gasteiger partial charge in [-0.1, -0.05) is 36.4 Å². The van der Waals surface area contributed by atoms with E-state index in [9.17, 15) is 0 Å². The number of pyridine rings is 1. The van der Waals surface area contributed by atoms with Crippen LogP contribution >= 0.6 is 0 Å². The van der Waals surface area contributed by atoms with Crippen LogP contribution in [0.4, 0.5) is 0 Å². The van der Waals surface area contributed by atoms with Crippen LogP contribution in [0.25, 0.3) is 16.7 Å². The molecule has 2 nitrogen and oxygen atoms in total. The maximum Gasteiger partial charge on any atom is 0.0346 e. The first-order valence-electron chi connectivity index (χ1n) is 7.34. The summed E-state index contributed by atoms with van der Waals surface area (Å²) in [7, 11) is 0. The van der Waals surface area contributed by atoms with Crippen molar-refractivity contribution in [2.45, 2.75) is 18.9 Å². The molecule has 0 spiro atoms. The molecule has 4 rings (SSSR count). The Labute approximate surface area is 119 Å². The molecule has 2 bridgehead atoms. The molecule has 1 aliphatic heterocycles. The molecule has 2 unspecified atom stereocenters. The number of hydrogen-bond acceptors (Lipinski definition) is 2. The van der Waals surface area contributed by atoms with Crippen LogP contribution in [-0.2, 0) is 0 Å². The summed E-state index contributed by atoms with van der Waals surface area (Å²) in [6.45, 7) is 1.12. The second-order valence-electron chi connectivity index (χ2n) is 5.76. The van der Waals surface area contributed by atoms with Crippen molar-refractivity contribution >= 4 is 5.57 Å². The van der Waals surface area contributed by atoms with E-state index in [-0.39, 0.29) is 0 Å². The summed E-state index contributed by atoms with van der Waals surface area (Å²) in [5.41, 5.74) is 5.22. The van der Waals surface area contributed by atoms with E-state index in [0.29, 0.717) is 12.0 Å². The normalized spacial score (nSPS) is 24.5. The first kappa shape index (κ1) is 11.9. The number of fused-ring (bicyclic) bond motifs is 2.